The Kier molecular flexibility index (Phi) is 4.21. The van der Waals surface area contributed by atoms with Gasteiger partial charge in [-0.05, 0) is 31.4 Å². The van der Waals surface area contributed by atoms with Crippen molar-refractivity contribution < 1.29 is 19.6 Å². The first-order valence-electron chi connectivity index (χ1n) is 6.69. The van der Waals surface area contributed by atoms with E-state index in [1.54, 1.807) is 13.0 Å². The third-order valence-corrected chi connectivity index (χ3v) is 3.78. The molecule has 2 unspecified atom stereocenters. The molecule has 1 saturated carbocycles. The summed E-state index contributed by atoms with van der Waals surface area (Å²) in [5, 5.41) is 22.6. The second-order valence-corrected chi connectivity index (χ2v) is 5.25. The van der Waals surface area contributed by atoms with Crippen molar-refractivity contribution in [1.82, 2.24) is 0 Å². The highest BCUT2D eigenvalue weighted by Gasteiger charge is 2.38. The number of anilines is 1. The largest absolute Gasteiger partial charge is 0.481 e. The van der Waals surface area contributed by atoms with E-state index in [1.807, 2.05) is 0 Å². The Morgan fingerprint density at radius 3 is 2.62 bits per heavy atom. The van der Waals surface area contributed by atoms with Gasteiger partial charge in [-0.25, -0.2) is 0 Å². The molecule has 1 fully saturated rings. The first-order valence-corrected chi connectivity index (χ1v) is 6.69. The van der Waals surface area contributed by atoms with Gasteiger partial charge in [-0.15, -0.1) is 0 Å². The number of carboxylic acids is 1. The highest BCUT2D eigenvalue weighted by molar-refractivity contribution is 5.97. The molecular formula is C14H16N2O5. The number of aliphatic carboxylic acids is 1. The maximum atomic E-state index is 12.2. The molecule has 0 radical (unpaired) electrons. The van der Waals surface area contributed by atoms with Gasteiger partial charge in [0, 0.05) is 6.07 Å². The Hall–Kier alpha value is -2.44. The zero-order valence-electron chi connectivity index (χ0n) is 11.5. The summed E-state index contributed by atoms with van der Waals surface area (Å²) in [7, 11) is 0. The van der Waals surface area contributed by atoms with E-state index in [1.165, 1.54) is 12.1 Å². The van der Waals surface area contributed by atoms with Crippen LogP contribution in [0.1, 0.15) is 24.8 Å². The number of rotatable bonds is 4. The summed E-state index contributed by atoms with van der Waals surface area (Å²) in [5.41, 5.74) is 0.629. The summed E-state index contributed by atoms with van der Waals surface area (Å²) in [5.74, 6) is -2.81. The molecule has 0 aromatic heterocycles. The Morgan fingerprint density at radius 2 is 2.00 bits per heavy atom. The van der Waals surface area contributed by atoms with Crippen molar-refractivity contribution in [3.63, 3.8) is 0 Å². The number of aryl methyl sites for hydroxylation is 1. The topological polar surface area (TPSA) is 110 Å². The van der Waals surface area contributed by atoms with Crippen LogP contribution in [0.25, 0.3) is 0 Å². The molecule has 7 heteroatoms. The average molecular weight is 292 g/mol. The van der Waals surface area contributed by atoms with Crippen molar-refractivity contribution >= 4 is 23.3 Å². The van der Waals surface area contributed by atoms with Crippen LogP contribution in [0.15, 0.2) is 18.2 Å². The molecule has 1 aromatic carbocycles. The van der Waals surface area contributed by atoms with Crippen molar-refractivity contribution in [3.05, 3.63) is 33.9 Å². The van der Waals surface area contributed by atoms with Gasteiger partial charge in [-0.2, -0.15) is 0 Å². The van der Waals surface area contributed by atoms with E-state index in [4.69, 9.17) is 5.11 Å². The van der Waals surface area contributed by atoms with Crippen LogP contribution in [0.5, 0.6) is 0 Å². The third-order valence-electron chi connectivity index (χ3n) is 3.78. The molecule has 1 amide bonds. The summed E-state index contributed by atoms with van der Waals surface area (Å²) < 4.78 is 0. The van der Waals surface area contributed by atoms with Crippen molar-refractivity contribution in [1.29, 1.82) is 0 Å². The lowest BCUT2D eigenvalue weighted by molar-refractivity contribution is -0.384. The van der Waals surface area contributed by atoms with E-state index in [0.717, 1.165) is 0 Å². The number of nitrogens with one attached hydrogen (secondary N) is 1. The molecule has 7 nitrogen and oxygen atoms in total. The van der Waals surface area contributed by atoms with Crippen LogP contribution in [0.4, 0.5) is 11.4 Å². The number of amides is 1. The SMILES string of the molecule is Cc1ccc(NC(=O)C2CCCC2C(=O)O)c([N+](=O)[O-])c1. The molecule has 2 N–H and O–H groups in total. The Bertz CT molecular complexity index is 599. The number of carbonyl (C=O) groups excluding carboxylic acids is 1. The number of hydrogen-bond acceptors (Lipinski definition) is 4. The normalized spacial score (nSPS) is 21.0. The predicted octanol–water partition coefficient (Wildman–Crippen LogP) is 2.34. The van der Waals surface area contributed by atoms with Crippen molar-refractivity contribution in [3.8, 4) is 0 Å². The van der Waals surface area contributed by atoms with Gasteiger partial charge in [-0.3, -0.25) is 19.7 Å². The molecule has 0 aliphatic heterocycles. The smallest absolute Gasteiger partial charge is 0.307 e. The molecular weight excluding hydrogens is 276 g/mol. The molecule has 1 aliphatic rings. The number of nitro benzene ring substituents is 1. The van der Waals surface area contributed by atoms with Gasteiger partial charge in [0.15, 0.2) is 0 Å². The van der Waals surface area contributed by atoms with Crippen molar-refractivity contribution in [2.75, 3.05) is 5.32 Å². The minimum Gasteiger partial charge on any atom is -0.481 e. The second kappa shape index (κ2) is 5.90. The second-order valence-electron chi connectivity index (χ2n) is 5.25. The average Bonchev–Trinajstić information content (AvgIpc) is 2.90. The molecule has 1 aliphatic carbocycles. The van der Waals surface area contributed by atoms with Gasteiger partial charge >= 0.3 is 5.97 Å². The highest BCUT2D eigenvalue weighted by Crippen LogP contribution is 2.34. The first-order chi connectivity index (χ1) is 9.90. The summed E-state index contributed by atoms with van der Waals surface area (Å²) in [4.78, 5) is 33.7. The first kappa shape index (κ1) is 15.0. The monoisotopic (exact) mass is 292 g/mol. The Balaban J connectivity index is 2.20. The molecule has 21 heavy (non-hydrogen) atoms. The van der Waals surface area contributed by atoms with Gasteiger partial charge < -0.3 is 10.4 Å². The van der Waals surface area contributed by atoms with E-state index in [9.17, 15) is 19.7 Å². The molecule has 0 saturated heterocycles. The van der Waals surface area contributed by atoms with Gasteiger partial charge in [-0.1, -0.05) is 12.5 Å². The fourth-order valence-corrected chi connectivity index (χ4v) is 2.69. The zero-order chi connectivity index (χ0) is 15.6. The zero-order valence-corrected chi connectivity index (χ0v) is 11.5. The van der Waals surface area contributed by atoms with Crippen LogP contribution in [-0.4, -0.2) is 21.9 Å². The Morgan fingerprint density at radius 1 is 1.33 bits per heavy atom. The number of hydrogen-bond donors (Lipinski definition) is 2. The van der Waals surface area contributed by atoms with Crippen LogP contribution in [-0.2, 0) is 9.59 Å². The van der Waals surface area contributed by atoms with Crippen LogP contribution in [0.2, 0.25) is 0 Å². The molecule has 2 rings (SSSR count). The fourth-order valence-electron chi connectivity index (χ4n) is 2.69. The van der Waals surface area contributed by atoms with E-state index < -0.39 is 28.6 Å². The lowest BCUT2D eigenvalue weighted by atomic mass is 9.95. The fraction of sp³-hybridized carbons (Fsp3) is 0.429. The lowest BCUT2D eigenvalue weighted by Crippen LogP contribution is -2.30. The quantitative estimate of drug-likeness (QED) is 0.653. The van der Waals surface area contributed by atoms with Crippen molar-refractivity contribution in [2.45, 2.75) is 26.2 Å². The third kappa shape index (κ3) is 3.18. The number of nitrogens with zero attached hydrogens (tertiary/aromatic N) is 1. The maximum absolute atomic E-state index is 12.2. The minimum atomic E-state index is -0.994. The summed E-state index contributed by atoms with van der Waals surface area (Å²) in [6.45, 7) is 1.72. The highest BCUT2D eigenvalue weighted by atomic mass is 16.6. The minimum absolute atomic E-state index is 0.103. The van der Waals surface area contributed by atoms with Gasteiger partial charge in [0.2, 0.25) is 5.91 Å². The van der Waals surface area contributed by atoms with Gasteiger partial charge in [0.1, 0.15) is 5.69 Å². The molecule has 0 bridgehead atoms. The van der Waals surface area contributed by atoms with Crippen LogP contribution in [0.3, 0.4) is 0 Å². The molecule has 0 heterocycles. The van der Waals surface area contributed by atoms with Gasteiger partial charge in [0.05, 0.1) is 16.8 Å². The van der Waals surface area contributed by atoms with E-state index >= 15 is 0 Å². The van der Waals surface area contributed by atoms with E-state index in [0.29, 0.717) is 24.8 Å². The summed E-state index contributed by atoms with van der Waals surface area (Å²) in [6, 6.07) is 4.50. The standard InChI is InChI=1S/C14H16N2O5/c1-8-5-6-11(12(7-8)16(20)21)15-13(17)9-3-2-4-10(9)14(18)19/h5-7,9-10H,2-4H2,1H3,(H,15,17)(H,18,19). The molecule has 0 spiro atoms. The van der Waals surface area contributed by atoms with Crippen LogP contribution in [0, 0.1) is 28.9 Å². The summed E-state index contributed by atoms with van der Waals surface area (Å²) in [6.07, 6.45) is 1.62. The van der Waals surface area contributed by atoms with Crippen LogP contribution >= 0.6 is 0 Å². The number of carbonyl (C=O) groups is 2. The van der Waals surface area contributed by atoms with Crippen LogP contribution < -0.4 is 5.32 Å². The predicted molar refractivity (Wildman–Crippen MR) is 74.9 cm³/mol. The Labute approximate surface area is 121 Å². The van der Waals surface area contributed by atoms with E-state index in [2.05, 4.69) is 5.32 Å². The van der Waals surface area contributed by atoms with E-state index in [-0.39, 0.29) is 11.4 Å². The summed E-state index contributed by atoms with van der Waals surface area (Å²) >= 11 is 0. The number of nitro groups is 1. The van der Waals surface area contributed by atoms with Crippen molar-refractivity contribution in [2.24, 2.45) is 11.8 Å². The van der Waals surface area contributed by atoms with Gasteiger partial charge in [0.25, 0.3) is 5.69 Å². The lowest BCUT2D eigenvalue weighted by Gasteiger charge is -2.15. The molecule has 112 valence electrons. The number of benzene rings is 1. The number of carboxylic acid groups (broad SMARTS) is 1. The molecule has 2 atom stereocenters. The molecule has 1 aromatic rings. The maximum Gasteiger partial charge on any atom is 0.307 e.